The number of hydrogen-bond donors (Lipinski definition) is 2. The third kappa shape index (κ3) is 1.46. The molecule has 0 aliphatic carbocycles. The lowest BCUT2D eigenvalue weighted by atomic mass is 10.1. The van der Waals surface area contributed by atoms with Crippen molar-refractivity contribution in [1.29, 1.82) is 0 Å². The van der Waals surface area contributed by atoms with Crippen LogP contribution >= 0.6 is 11.3 Å². The Balaban J connectivity index is 2.49. The lowest BCUT2D eigenvalue weighted by Gasteiger charge is -2.24. The highest BCUT2D eigenvalue weighted by molar-refractivity contribution is 7.10. The molecule has 0 bridgehead atoms. The van der Waals surface area contributed by atoms with Crippen molar-refractivity contribution in [2.24, 2.45) is 0 Å². The predicted octanol–water partition coefficient (Wildman–Crippen LogP) is 1.23. The summed E-state index contributed by atoms with van der Waals surface area (Å²) in [6, 6.07) is -1.24. The first-order valence-electron chi connectivity index (χ1n) is 3.97. The summed E-state index contributed by atoms with van der Waals surface area (Å²) in [5, 5.41) is 17.8. The van der Waals surface area contributed by atoms with Gasteiger partial charge < -0.3 is 10.2 Å². The number of hydrogen-bond acceptors (Lipinski definition) is 4. The van der Waals surface area contributed by atoms with Gasteiger partial charge >= 0.3 is 12.1 Å². The number of carboxylic acids is 1. The van der Waals surface area contributed by atoms with E-state index in [0.717, 1.165) is 4.90 Å². The van der Waals surface area contributed by atoms with Crippen LogP contribution in [0.15, 0.2) is 11.7 Å². The minimum Gasteiger partial charge on any atom is -0.479 e. The van der Waals surface area contributed by atoms with Crippen LogP contribution in [-0.2, 0) is 4.79 Å². The zero-order valence-electron chi connectivity index (χ0n) is 7.32. The number of rotatable bonds is 1. The molecule has 15 heavy (non-hydrogen) atoms. The van der Waals surface area contributed by atoms with E-state index in [9.17, 15) is 9.59 Å². The van der Waals surface area contributed by atoms with Crippen LogP contribution in [-0.4, -0.2) is 32.2 Å². The maximum atomic E-state index is 11.0. The molecule has 1 aliphatic rings. The first-order valence-corrected chi connectivity index (χ1v) is 4.85. The molecule has 1 aromatic heterocycles. The van der Waals surface area contributed by atoms with E-state index in [-0.39, 0.29) is 5.69 Å². The van der Waals surface area contributed by atoms with Crippen LogP contribution in [0.4, 0.5) is 4.79 Å². The molecule has 2 rings (SSSR count). The van der Waals surface area contributed by atoms with Crippen molar-refractivity contribution >= 4 is 29.5 Å². The Morgan fingerprint density at radius 1 is 1.47 bits per heavy atom. The number of aliphatic carboxylic acids is 1. The van der Waals surface area contributed by atoms with Gasteiger partial charge in [0.1, 0.15) is 0 Å². The fourth-order valence-corrected chi connectivity index (χ4v) is 2.07. The molecule has 0 aromatic carbocycles. The smallest absolute Gasteiger partial charge is 0.412 e. The highest BCUT2D eigenvalue weighted by Gasteiger charge is 2.35. The fourth-order valence-electron chi connectivity index (χ4n) is 1.37. The molecule has 6 nitrogen and oxygen atoms in total. The van der Waals surface area contributed by atoms with Gasteiger partial charge in [-0.1, -0.05) is 0 Å². The molecule has 0 saturated heterocycles. The average Bonchev–Trinajstić information content (AvgIpc) is 2.62. The van der Waals surface area contributed by atoms with Crippen LogP contribution in [0.3, 0.4) is 0 Å². The van der Waals surface area contributed by atoms with Gasteiger partial charge in [0.2, 0.25) is 0 Å². The number of amides is 1. The normalized spacial score (nSPS) is 18.7. The summed E-state index contributed by atoms with van der Waals surface area (Å²) in [7, 11) is 0. The molecule has 2 N–H and O–H groups in total. The molecule has 1 aliphatic heterocycles. The molecule has 1 atom stereocenters. The monoisotopic (exact) mass is 226 g/mol. The third-order valence-electron chi connectivity index (χ3n) is 2.00. The summed E-state index contributed by atoms with van der Waals surface area (Å²) in [6.45, 7) is 0. The molecule has 78 valence electrons. The lowest BCUT2D eigenvalue weighted by molar-refractivity contribution is -0.142. The van der Waals surface area contributed by atoms with Crippen LogP contribution in [0.2, 0.25) is 0 Å². The van der Waals surface area contributed by atoms with E-state index in [4.69, 9.17) is 10.2 Å². The van der Waals surface area contributed by atoms with Crippen molar-refractivity contribution in [3.63, 3.8) is 0 Å². The van der Waals surface area contributed by atoms with Gasteiger partial charge in [0.15, 0.2) is 6.04 Å². The molecular formula is C8H6N2O4S. The SMILES string of the molecule is O=C(O)C1c2ncsc2C=CN1C(=O)O. The van der Waals surface area contributed by atoms with E-state index in [0.29, 0.717) is 4.88 Å². The van der Waals surface area contributed by atoms with E-state index in [1.165, 1.54) is 23.0 Å². The van der Waals surface area contributed by atoms with Crippen molar-refractivity contribution in [2.45, 2.75) is 6.04 Å². The van der Waals surface area contributed by atoms with Crippen molar-refractivity contribution in [3.8, 4) is 0 Å². The molecule has 0 fully saturated rings. The van der Waals surface area contributed by atoms with Gasteiger partial charge in [0, 0.05) is 6.20 Å². The maximum absolute atomic E-state index is 11.0. The first kappa shape index (κ1) is 9.66. The minimum atomic E-state index is -1.31. The maximum Gasteiger partial charge on any atom is 0.412 e. The number of carbonyl (C=O) groups is 2. The van der Waals surface area contributed by atoms with Gasteiger partial charge in [0.05, 0.1) is 16.1 Å². The van der Waals surface area contributed by atoms with Gasteiger partial charge in [-0.05, 0) is 6.08 Å². The molecule has 0 saturated carbocycles. The molecule has 7 heteroatoms. The molecule has 0 radical (unpaired) electrons. The number of carboxylic acid groups (broad SMARTS) is 2. The van der Waals surface area contributed by atoms with Crippen LogP contribution in [0, 0.1) is 0 Å². The first-order chi connectivity index (χ1) is 7.11. The second-order valence-corrected chi connectivity index (χ2v) is 3.73. The Bertz CT molecular complexity index is 453. The number of aromatic nitrogens is 1. The van der Waals surface area contributed by atoms with Gasteiger partial charge in [-0.3, -0.25) is 4.90 Å². The lowest BCUT2D eigenvalue weighted by Crippen LogP contribution is -2.36. The molecule has 0 spiro atoms. The Hall–Kier alpha value is -1.89. The molecular weight excluding hydrogens is 220 g/mol. The second-order valence-electron chi connectivity index (χ2n) is 2.85. The number of thiazole rings is 1. The van der Waals surface area contributed by atoms with E-state index >= 15 is 0 Å². The number of fused-ring (bicyclic) bond motifs is 1. The van der Waals surface area contributed by atoms with Gasteiger partial charge in [0.25, 0.3) is 0 Å². The highest BCUT2D eigenvalue weighted by atomic mass is 32.1. The summed E-state index contributed by atoms with van der Waals surface area (Å²) in [5.41, 5.74) is 1.77. The quantitative estimate of drug-likeness (QED) is 0.751. The average molecular weight is 226 g/mol. The Morgan fingerprint density at radius 2 is 2.20 bits per heavy atom. The Morgan fingerprint density at radius 3 is 2.80 bits per heavy atom. The van der Waals surface area contributed by atoms with Crippen LogP contribution in [0.25, 0.3) is 6.08 Å². The van der Waals surface area contributed by atoms with Crippen molar-refractivity contribution in [1.82, 2.24) is 9.88 Å². The van der Waals surface area contributed by atoms with E-state index in [1.54, 1.807) is 6.08 Å². The Kier molecular flexibility index (Phi) is 2.16. The van der Waals surface area contributed by atoms with Crippen LogP contribution in [0.1, 0.15) is 16.6 Å². The highest BCUT2D eigenvalue weighted by Crippen LogP contribution is 2.31. The van der Waals surface area contributed by atoms with Crippen LogP contribution in [0.5, 0.6) is 0 Å². The summed E-state index contributed by atoms with van der Waals surface area (Å²) in [4.78, 5) is 27.0. The van der Waals surface area contributed by atoms with Crippen molar-refractivity contribution < 1.29 is 19.8 Å². The third-order valence-corrected chi connectivity index (χ3v) is 2.81. The molecule has 1 aromatic rings. The van der Waals surface area contributed by atoms with Crippen LogP contribution < -0.4 is 0 Å². The predicted molar refractivity (Wildman–Crippen MR) is 51.4 cm³/mol. The van der Waals surface area contributed by atoms with E-state index < -0.39 is 18.1 Å². The number of nitrogens with zero attached hydrogens (tertiary/aromatic N) is 2. The van der Waals surface area contributed by atoms with Gasteiger partial charge in [-0.2, -0.15) is 0 Å². The van der Waals surface area contributed by atoms with Gasteiger partial charge in [-0.15, -0.1) is 11.3 Å². The van der Waals surface area contributed by atoms with E-state index in [1.807, 2.05) is 0 Å². The Labute approximate surface area is 88.1 Å². The molecule has 2 heterocycles. The molecule has 1 amide bonds. The summed E-state index contributed by atoms with van der Waals surface area (Å²) < 4.78 is 0. The standard InChI is InChI=1S/C8H6N2O4S/c11-7(12)6-5-4(15-3-9-5)1-2-10(6)8(13)14/h1-3,6H,(H,11,12)(H,13,14). The zero-order valence-corrected chi connectivity index (χ0v) is 8.14. The fraction of sp³-hybridized carbons (Fsp3) is 0.125. The topological polar surface area (TPSA) is 90.7 Å². The summed E-state index contributed by atoms with van der Waals surface area (Å²) in [5.74, 6) is -1.23. The molecule has 1 unspecified atom stereocenters. The van der Waals surface area contributed by atoms with Gasteiger partial charge in [-0.25, -0.2) is 14.6 Å². The summed E-state index contributed by atoms with van der Waals surface area (Å²) in [6.07, 6.45) is 1.47. The van der Waals surface area contributed by atoms with E-state index in [2.05, 4.69) is 4.98 Å². The van der Waals surface area contributed by atoms with Crippen molar-refractivity contribution in [2.75, 3.05) is 0 Å². The largest absolute Gasteiger partial charge is 0.479 e. The minimum absolute atomic E-state index is 0.275. The second kappa shape index (κ2) is 3.35. The van der Waals surface area contributed by atoms with Crippen molar-refractivity contribution in [3.05, 3.63) is 22.3 Å². The summed E-state index contributed by atoms with van der Waals surface area (Å²) >= 11 is 1.28. The zero-order chi connectivity index (χ0) is 11.0.